The van der Waals surface area contributed by atoms with Crippen LogP contribution in [0, 0.1) is 56.7 Å². The van der Waals surface area contributed by atoms with E-state index >= 15 is 0 Å². The molecular formula is C50H73N3O7S. The third-order valence-electron chi connectivity index (χ3n) is 19.1. The van der Waals surface area contributed by atoms with E-state index in [1.165, 1.54) is 81.4 Å². The number of aromatic nitrogens is 1. The van der Waals surface area contributed by atoms with Crippen LogP contribution in [-0.4, -0.2) is 92.3 Å². The highest BCUT2D eigenvalue weighted by Crippen LogP contribution is 2.76. The predicted octanol–water partition coefficient (Wildman–Crippen LogP) is 8.69. The zero-order valence-corrected chi connectivity index (χ0v) is 38.9. The molecule has 2 heterocycles. The van der Waals surface area contributed by atoms with Gasteiger partial charge in [-0.3, -0.25) is 4.79 Å². The zero-order valence-electron chi connectivity index (χ0n) is 38.1. The number of carbonyl (C=O) groups is 2. The van der Waals surface area contributed by atoms with Crippen molar-refractivity contribution >= 4 is 21.8 Å². The van der Waals surface area contributed by atoms with Gasteiger partial charge in [0, 0.05) is 37.9 Å². The van der Waals surface area contributed by atoms with Crippen molar-refractivity contribution in [2.75, 3.05) is 51.4 Å². The van der Waals surface area contributed by atoms with Gasteiger partial charge in [0.1, 0.15) is 17.6 Å². The molecular weight excluding hydrogens is 787 g/mol. The summed E-state index contributed by atoms with van der Waals surface area (Å²) in [7, 11) is -1.58. The van der Waals surface area contributed by atoms with Gasteiger partial charge in [0.2, 0.25) is 5.88 Å². The minimum absolute atomic E-state index is 0.0539. The Morgan fingerprint density at radius 2 is 1.70 bits per heavy atom. The quantitative estimate of drug-likeness (QED) is 0.164. The Hall–Kier alpha value is -3.02. The van der Waals surface area contributed by atoms with E-state index in [1.54, 1.807) is 12.1 Å². The largest absolute Gasteiger partial charge is 0.481 e. The second kappa shape index (κ2) is 15.9. The average molecular weight is 860 g/mol. The fourth-order valence-electron chi connectivity index (χ4n) is 15.5. The van der Waals surface area contributed by atoms with Crippen LogP contribution in [0.2, 0.25) is 0 Å². The molecule has 1 aromatic rings. The maximum atomic E-state index is 12.9. The summed E-state index contributed by atoms with van der Waals surface area (Å²) in [5.41, 5.74) is 3.80. The average Bonchev–Trinajstić information content (AvgIpc) is 3.61. The number of hydrogen-bond donors (Lipinski definition) is 2. The second-order valence-electron chi connectivity index (χ2n) is 22.0. The third-order valence-corrected chi connectivity index (χ3v) is 20.7. The Balaban J connectivity index is 1.00. The fraction of sp³-hybridized carbons (Fsp3) is 0.740. The number of ether oxygens (including phenoxy) is 2. The van der Waals surface area contributed by atoms with Crippen molar-refractivity contribution < 1.29 is 32.6 Å². The summed E-state index contributed by atoms with van der Waals surface area (Å²) >= 11 is 0. The number of pyridine rings is 1. The van der Waals surface area contributed by atoms with Crippen molar-refractivity contribution in [2.24, 2.45) is 56.7 Å². The number of nitrogens with zero attached hydrogens (tertiary/aromatic N) is 2. The number of esters is 1. The highest BCUT2D eigenvalue weighted by Gasteiger charge is 2.70. The van der Waals surface area contributed by atoms with Crippen LogP contribution < -0.4 is 10.1 Å². The van der Waals surface area contributed by atoms with E-state index in [4.69, 9.17) is 9.47 Å². The normalized spacial score (nSPS) is 40.2. The van der Waals surface area contributed by atoms with E-state index < -0.39 is 27.2 Å². The number of sulfone groups is 1. The van der Waals surface area contributed by atoms with Crippen molar-refractivity contribution in [1.82, 2.24) is 15.2 Å². The van der Waals surface area contributed by atoms with Crippen LogP contribution in [0.15, 0.2) is 53.8 Å². The maximum absolute atomic E-state index is 12.9. The van der Waals surface area contributed by atoms with Gasteiger partial charge in [0.25, 0.3) is 0 Å². The van der Waals surface area contributed by atoms with Gasteiger partial charge in [-0.15, -0.1) is 0 Å². The molecule has 61 heavy (non-hydrogen) atoms. The van der Waals surface area contributed by atoms with Crippen molar-refractivity contribution in [1.29, 1.82) is 0 Å². The molecule has 0 radical (unpaired) electrons. The summed E-state index contributed by atoms with van der Waals surface area (Å²) in [6.45, 7) is 22.9. The second-order valence-corrected chi connectivity index (χ2v) is 24.3. The monoisotopic (exact) mass is 860 g/mol. The summed E-state index contributed by atoms with van der Waals surface area (Å²) in [5, 5.41) is 14.8. The lowest BCUT2D eigenvalue weighted by atomic mass is 9.33. The Kier molecular flexibility index (Phi) is 11.6. The number of nitrogens with one attached hydrogen (secondary N) is 1. The molecule has 6 aliphatic carbocycles. The number of rotatable bonds is 11. The lowest BCUT2D eigenvalue weighted by Gasteiger charge is -2.72. The molecule has 4 saturated carbocycles. The molecule has 10 nitrogen and oxygen atoms in total. The number of carboxylic acid groups (broad SMARTS) is 1. The van der Waals surface area contributed by atoms with Gasteiger partial charge < -0.3 is 24.8 Å². The summed E-state index contributed by atoms with van der Waals surface area (Å²) < 4.78 is 35.1. The molecule has 2 N–H and O–H groups in total. The molecule has 5 fully saturated rings. The van der Waals surface area contributed by atoms with Crippen molar-refractivity contribution in [2.45, 2.75) is 124 Å². The lowest BCUT2D eigenvalue weighted by Crippen LogP contribution is -2.68. The Labute approximate surface area is 365 Å². The molecule has 0 bridgehead atoms. The topological polar surface area (TPSA) is 135 Å². The SMILES string of the molecule is C=C(C)[C@@H]1CC[C@]2(NCCN3CCS(=O)(=O)CC3)CC[C@]3(C)[C@H](CCC4[C@@]5(C)CC=C(C6=CC[C@](COc7ncccc7C(=O)OC)(C(=O)O)CC6)C(C)(C)C5CC[C@]43C)C12. The van der Waals surface area contributed by atoms with Gasteiger partial charge in [0.05, 0.1) is 18.6 Å². The first-order valence-corrected chi connectivity index (χ1v) is 25.2. The molecule has 0 spiro atoms. The maximum Gasteiger partial charge on any atom is 0.343 e. The predicted molar refractivity (Wildman–Crippen MR) is 239 cm³/mol. The molecule has 11 heteroatoms. The summed E-state index contributed by atoms with van der Waals surface area (Å²) in [6, 6.07) is 3.22. The molecule has 1 aliphatic heterocycles. The molecule has 0 amide bonds. The van der Waals surface area contributed by atoms with E-state index in [1.807, 2.05) is 0 Å². The standard InChI is InChI=1S/C50H73N3O7S/c1-33(2)35-15-22-50(52-26-27-53-28-30-61(57,58)31-29-53)24-23-47(6)38(41(35)50)11-12-40-46(5)18-16-37(45(3,4)39(46)17-19-48(40,47)7)34-13-20-49(21-14-34,44(55)56)32-60-42-36(43(54)59-8)10-9-25-51-42/h9-10,13,16,25,35,38-41,52H,1,11-12,14-15,17-24,26-32H2,2-8H3,(H,55,56)/t35-,38+,39?,40?,41?,46-,47+,48+,49-,50-/m0/s1. The number of carboxylic acids is 1. The van der Waals surface area contributed by atoms with Crippen LogP contribution in [0.5, 0.6) is 5.88 Å². The molecule has 1 aromatic heterocycles. The van der Waals surface area contributed by atoms with Gasteiger partial charge >= 0.3 is 11.9 Å². The highest BCUT2D eigenvalue weighted by atomic mass is 32.2. The minimum atomic E-state index is -2.89. The van der Waals surface area contributed by atoms with E-state index in [0.717, 1.165) is 19.5 Å². The van der Waals surface area contributed by atoms with Crippen molar-refractivity contribution in [3.8, 4) is 5.88 Å². The smallest absolute Gasteiger partial charge is 0.343 e. The molecule has 7 aliphatic rings. The van der Waals surface area contributed by atoms with Crippen molar-refractivity contribution in [3.05, 3.63) is 59.3 Å². The Bertz CT molecular complexity index is 2080. The first-order chi connectivity index (χ1) is 28.8. The Morgan fingerprint density at radius 3 is 2.38 bits per heavy atom. The molecule has 336 valence electrons. The number of hydrogen-bond acceptors (Lipinski definition) is 9. The van der Waals surface area contributed by atoms with Crippen LogP contribution in [0.3, 0.4) is 0 Å². The van der Waals surface area contributed by atoms with Gasteiger partial charge in [0.15, 0.2) is 9.84 Å². The number of allylic oxidation sites excluding steroid dienone is 5. The van der Waals surface area contributed by atoms with Gasteiger partial charge in [-0.25, -0.2) is 18.2 Å². The molecule has 3 unspecified atom stereocenters. The Morgan fingerprint density at radius 1 is 0.951 bits per heavy atom. The third kappa shape index (κ3) is 7.26. The fourth-order valence-corrected chi connectivity index (χ4v) is 16.8. The number of fused-ring (bicyclic) bond motifs is 7. The molecule has 1 saturated heterocycles. The van der Waals surface area contributed by atoms with Crippen molar-refractivity contribution in [3.63, 3.8) is 0 Å². The first-order valence-electron chi connectivity index (χ1n) is 23.4. The number of carbonyl (C=O) groups excluding carboxylic acids is 1. The van der Waals surface area contributed by atoms with Gasteiger partial charge in [-0.2, -0.15) is 0 Å². The van der Waals surface area contributed by atoms with Crippen LogP contribution in [0.1, 0.15) is 129 Å². The molecule has 0 aromatic carbocycles. The highest BCUT2D eigenvalue weighted by molar-refractivity contribution is 7.91. The summed E-state index contributed by atoms with van der Waals surface area (Å²) in [6.07, 6.45) is 18.6. The zero-order chi connectivity index (χ0) is 43.8. The van der Waals surface area contributed by atoms with Crippen LogP contribution in [0.25, 0.3) is 0 Å². The van der Waals surface area contributed by atoms with E-state index in [2.05, 4.69) is 75.5 Å². The van der Waals surface area contributed by atoms with E-state index in [-0.39, 0.29) is 56.8 Å². The van der Waals surface area contributed by atoms with E-state index in [0.29, 0.717) is 61.9 Å². The lowest BCUT2D eigenvalue weighted by molar-refractivity contribution is -0.221. The first kappa shape index (κ1) is 44.6. The van der Waals surface area contributed by atoms with Crippen LogP contribution in [-0.2, 0) is 19.4 Å². The number of methoxy groups -OCH3 is 1. The summed E-state index contributed by atoms with van der Waals surface area (Å²) in [4.78, 5) is 31.8. The van der Waals surface area contributed by atoms with Crippen LogP contribution in [0.4, 0.5) is 0 Å². The van der Waals surface area contributed by atoms with Gasteiger partial charge in [-0.1, -0.05) is 58.9 Å². The molecule has 8 rings (SSSR count). The number of aliphatic carboxylic acids is 1. The molecule has 10 atom stereocenters. The minimum Gasteiger partial charge on any atom is -0.481 e. The van der Waals surface area contributed by atoms with Gasteiger partial charge in [-0.05, 0) is 159 Å². The van der Waals surface area contributed by atoms with E-state index in [9.17, 15) is 23.1 Å². The van der Waals surface area contributed by atoms with Crippen LogP contribution >= 0.6 is 0 Å². The summed E-state index contributed by atoms with van der Waals surface area (Å²) in [5.74, 6) is 2.10.